The van der Waals surface area contributed by atoms with Crippen molar-refractivity contribution < 1.29 is 4.79 Å². The summed E-state index contributed by atoms with van der Waals surface area (Å²) in [6.07, 6.45) is 0. The molecule has 2 rings (SSSR count). The molecule has 0 unspecified atom stereocenters. The van der Waals surface area contributed by atoms with Gasteiger partial charge in [0.1, 0.15) is 0 Å². The number of nitrogens with zero attached hydrogens (tertiary/aromatic N) is 2. The van der Waals surface area contributed by atoms with Gasteiger partial charge in [0.25, 0.3) is 0 Å². The van der Waals surface area contributed by atoms with E-state index in [4.69, 9.17) is 5.84 Å². The molecular formula is C15H24N4O. The van der Waals surface area contributed by atoms with Crippen LogP contribution in [0.3, 0.4) is 0 Å². The SMILES string of the molecule is CC(C)c1ccc(N2CCN(CC(=O)NN)CC2)cc1. The zero-order valence-corrected chi connectivity index (χ0v) is 12.3. The number of benzene rings is 1. The van der Waals surface area contributed by atoms with E-state index in [1.54, 1.807) is 0 Å². The van der Waals surface area contributed by atoms with Gasteiger partial charge >= 0.3 is 0 Å². The van der Waals surface area contributed by atoms with Gasteiger partial charge in [-0.15, -0.1) is 0 Å². The predicted molar refractivity (Wildman–Crippen MR) is 81.5 cm³/mol. The van der Waals surface area contributed by atoms with Crippen molar-refractivity contribution in [3.05, 3.63) is 29.8 Å². The molecule has 0 bridgehead atoms. The Balaban J connectivity index is 1.88. The Morgan fingerprint density at radius 3 is 2.30 bits per heavy atom. The van der Waals surface area contributed by atoms with Crippen molar-refractivity contribution in [3.8, 4) is 0 Å². The van der Waals surface area contributed by atoms with Crippen LogP contribution in [0.5, 0.6) is 0 Å². The molecule has 110 valence electrons. The summed E-state index contributed by atoms with van der Waals surface area (Å²) in [4.78, 5) is 15.7. The predicted octanol–water partition coefficient (Wildman–Crippen LogP) is 0.922. The van der Waals surface area contributed by atoms with Gasteiger partial charge < -0.3 is 4.90 Å². The van der Waals surface area contributed by atoms with Gasteiger partial charge in [0.15, 0.2) is 0 Å². The average molecular weight is 276 g/mol. The number of rotatable bonds is 4. The van der Waals surface area contributed by atoms with Crippen LogP contribution in [0.1, 0.15) is 25.3 Å². The molecule has 0 radical (unpaired) electrons. The second-order valence-electron chi connectivity index (χ2n) is 5.58. The maximum absolute atomic E-state index is 11.2. The summed E-state index contributed by atoms with van der Waals surface area (Å²) in [5, 5.41) is 0. The summed E-state index contributed by atoms with van der Waals surface area (Å²) in [5.74, 6) is 5.55. The Bertz CT molecular complexity index is 436. The molecule has 1 aliphatic rings. The van der Waals surface area contributed by atoms with Crippen LogP contribution in [0.25, 0.3) is 0 Å². The van der Waals surface area contributed by atoms with Gasteiger partial charge in [-0.1, -0.05) is 26.0 Å². The molecule has 1 aromatic carbocycles. The van der Waals surface area contributed by atoms with Crippen LogP contribution in [-0.4, -0.2) is 43.5 Å². The van der Waals surface area contributed by atoms with E-state index in [1.165, 1.54) is 11.3 Å². The number of anilines is 1. The maximum Gasteiger partial charge on any atom is 0.248 e. The van der Waals surface area contributed by atoms with Gasteiger partial charge in [-0.3, -0.25) is 15.1 Å². The summed E-state index contributed by atoms with van der Waals surface area (Å²) in [7, 11) is 0. The molecule has 1 fully saturated rings. The molecule has 1 aliphatic heterocycles. The second-order valence-corrected chi connectivity index (χ2v) is 5.58. The molecule has 5 nitrogen and oxygen atoms in total. The van der Waals surface area contributed by atoms with Crippen molar-refractivity contribution in [2.24, 2.45) is 5.84 Å². The Hall–Kier alpha value is -1.59. The van der Waals surface area contributed by atoms with E-state index < -0.39 is 0 Å². The van der Waals surface area contributed by atoms with Crippen LogP contribution in [0.2, 0.25) is 0 Å². The van der Waals surface area contributed by atoms with Gasteiger partial charge in [-0.05, 0) is 23.6 Å². The lowest BCUT2D eigenvalue weighted by Gasteiger charge is -2.35. The monoisotopic (exact) mass is 276 g/mol. The molecule has 20 heavy (non-hydrogen) atoms. The molecule has 0 saturated carbocycles. The molecule has 0 aromatic heterocycles. The first-order valence-electron chi connectivity index (χ1n) is 7.17. The van der Waals surface area contributed by atoms with E-state index in [-0.39, 0.29) is 5.91 Å². The van der Waals surface area contributed by atoms with Crippen molar-refractivity contribution in [1.29, 1.82) is 0 Å². The number of hydrogen-bond acceptors (Lipinski definition) is 4. The summed E-state index contributed by atoms with van der Waals surface area (Å²) in [6.45, 7) is 8.46. The van der Waals surface area contributed by atoms with Crippen molar-refractivity contribution in [2.45, 2.75) is 19.8 Å². The van der Waals surface area contributed by atoms with E-state index in [0.717, 1.165) is 26.2 Å². The third kappa shape index (κ3) is 3.71. The zero-order chi connectivity index (χ0) is 14.5. The van der Waals surface area contributed by atoms with Gasteiger partial charge in [0, 0.05) is 31.9 Å². The molecular weight excluding hydrogens is 252 g/mol. The Morgan fingerprint density at radius 2 is 1.80 bits per heavy atom. The van der Waals surface area contributed by atoms with Crippen molar-refractivity contribution in [3.63, 3.8) is 0 Å². The van der Waals surface area contributed by atoms with Gasteiger partial charge in [0.2, 0.25) is 5.91 Å². The highest BCUT2D eigenvalue weighted by molar-refractivity contribution is 5.77. The quantitative estimate of drug-likeness (QED) is 0.488. The van der Waals surface area contributed by atoms with Crippen LogP contribution in [0.4, 0.5) is 5.69 Å². The van der Waals surface area contributed by atoms with Crippen LogP contribution < -0.4 is 16.2 Å². The fourth-order valence-corrected chi connectivity index (χ4v) is 2.48. The first kappa shape index (κ1) is 14.8. The molecule has 1 aromatic rings. The second kappa shape index (κ2) is 6.72. The minimum absolute atomic E-state index is 0.125. The highest BCUT2D eigenvalue weighted by Crippen LogP contribution is 2.21. The van der Waals surface area contributed by atoms with Gasteiger partial charge in [0.05, 0.1) is 6.54 Å². The molecule has 1 saturated heterocycles. The van der Waals surface area contributed by atoms with E-state index in [0.29, 0.717) is 12.5 Å². The van der Waals surface area contributed by atoms with Gasteiger partial charge in [-0.2, -0.15) is 0 Å². The normalized spacial score (nSPS) is 16.5. The molecule has 0 spiro atoms. The standard InChI is InChI=1S/C15H24N4O/c1-12(2)13-3-5-14(6-4-13)19-9-7-18(8-10-19)11-15(20)17-16/h3-6,12H,7-11,16H2,1-2H3,(H,17,20). The Kier molecular flexibility index (Phi) is 4.98. The van der Waals surface area contributed by atoms with Gasteiger partial charge in [-0.25, -0.2) is 5.84 Å². The topological polar surface area (TPSA) is 61.6 Å². The van der Waals surface area contributed by atoms with E-state index in [1.807, 2.05) is 0 Å². The van der Waals surface area contributed by atoms with Crippen LogP contribution in [0, 0.1) is 0 Å². The lowest BCUT2D eigenvalue weighted by atomic mass is 10.0. The average Bonchev–Trinajstić information content (AvgIpc) is 2.48. The van der Waals surface area contributed by atoms with E-state index >= 15 is 0 Å². The minimum atomic E-state index is -0.125. The van der Waals surface area contributed by atoms with Crippen molar-refractivity contribution in [1.82, 2.24) is 10.3 Å². The van der Waals surface area contributed by atoms with Crippen LogP contribution in [0.15, 0.2) is 24.3 Å². The smallest absolute Gasteiger partial charge is 0.248 e. The first-order valence-corrected chi connectivity index (χ1v) is 7.17. The molecule has 0 aliphatic carbocycles. The third-order valence-corrected chi connectivity index (χ3v) is 3.83. The summed E-state index contributed by atoms with van der Waals surface area (Å²) >= 11 is 0. The fraction of sp³-hybridized carbons (Fsp3) is 0.533. The van der Waals surface area contributed by atoms with E-state index in [9.17, 15) is 4.79 Å². The third-order valence-electron chi connectivity index (χ3n) is 3.83. The van der Waals surface area contributed by atoms with Crippen molar-refractivity contribution in [2.75, 3.05) is 37.6 Å². The minimum Gasteiger partial charge on any atom is -0.369 e. The lowest BCUT2D eigenvalue weighted by Crippen LogP contribution is -2.50. The number of piperazine rings is 1. The number of amides is 1. The fourth-order valence-electron chi connectivity index (χ4n) is 2.48. The summed E-state index contributed by atoms with van der Waals surface area (Å²) in [6, 6.07) is 8.79. The number of nitrogens with one attached hydrogen (secondary N) is 1. The largest absolute Gasteiger partial charge is 0.369 e. The Morgan fingerprint density at radius 1 is 1.20 bits per heavy atom. The number of hydrogen-bond donors (Lipinski definition) is 2. The molecule has 1 amide bonds. The maximum atomic E-state index is 11.2. The number of nitrogens with two attached hydrogens (primary N) is 1. The number of carbonyl (C=O) groups is 1. The Labute approximate surface area is 120 Å². The van der Waals surface area contributed by atoms with Crippen LogP contribution >= 0.6 is 0 Å². The molecule has 0 atom stereocenters. The summed E-state index contributed by atoms with van der Waals surface area (Å²) in [5.41, 5.74) is 4.81. The highest BCUT2D eigenvalue weighted by atomic mass is 16.2. The van der Waals surface area contributed by atoms with Crippen molar-refractivity contribution >= 4 is 11.6 Å². The van der Waals surface area contributed by atoms with Crippen LogP contribution in [-0.2, 0) is 4.79 Å². The molecule has 3 N–H and O–H groups in total. The van der Waals surface area contributed by atoms with E-state index in [2.05, 4.69) is 53.3 Å². The number of hydrazine groups is 1. The highest BCUT2D eigenvalue weighted by Gasteiger charge is 2.18. The number of carbonyl (C=O) groups excluding carboxylic acids is 1. The molecule has 1 heterocycles. The lowest BCUT2D eigenvalue weighted by molar-refractivity contribution is -0.122. The first-order chi connectivity index (χ1) is 9.60. The zero-order valence-electron chi connectivity index (χ0n) is 12.3. The molecule has 5 heteroatoms. The summed E-state index contributed by atoms with van der Waals surface area (Å²) < 4.78 is 0.